The number of hydrogen-bond donors (Lipinski definition) is 2. The fourth-order valence-electron chi connectivity index (χ4n) is 3.07. The average Bonchev–Trinajstić information content (AvgIpc) is 2.63. The summed E-state index contributed by atoms with van der Waals surface area (Å²) in [6.07, 6.45) is 4.27. The maximum Gasteiger partial charge on any atom is 0.305 e. The van der Waals surface area contributed by atoms with Gasteiger partial charge in [0.05, 0.1) is 10.6 Å². The van der Waals surface area contributed by atoms with Gasteiger partial charge in [0.2, 0.25) is 11.7 Å². The lowest BCUT2D eigenvalue weighted by molar-refractivity contribution is 0.398. The molecule has 0 bridgehead atoms. The molecule has 0 radical (unpaired) electrons. The first-order valence-electron chi connectivity index (χ1n) is 8.50. The Bertz CT molecular complexity index is 760. The van der Waals surface area contributed by atoms with Crippen molar-refractivity contribution in [2.75, 3.05) is 13.1 Å². The van der Waals surface area contributed by atoms with E-state index in [0.29, 0.717) is 11.8 Å². The van der Waals surface area contributed by atoms with Crippen molar-refractivity contribution in [2.45, 2.75) is 26.7 Å². The van der Waals surface area contributed by atoms with Crippen LogP contribution in [0.5, 0.6) is 0 Å². The van der Waals surface area contributed by atoms with Crippen molar-refractivity contribution in [3.05, 3.63) is 56.9 Å². The zero-order chi connectivity index (χ0) is 17.8. The lowest BCUT2D eigenvalue weighted by Crippen LogP contribution is -2.40. The minimum atomic E-state index is 0.478. The summed E-state index contributed by atoms with van der Waals surface area (Å²) in [5.41, 5.74) is 3.25. The van der Waals surface area contributed by atoms with Crippen LogP contribution in [0.4, 0.5) is 5.69 Å². The van der Waals surface area contributed by atoms with E-state index >= 15 is 0 Å². The second-order valence-corrected chi connectivity index (χ2v) is 7.55. The molecule has 1 aromatic rings. The van der Waals surface area contributed by atoms with E-state index in [-0.39, 0.29) is 0 Å². The Morgan fingerprint density at radius 2 is 1.96 bits per heavy atom. The van der Waals surface area contributed by atoms with Gasteiger partial charge in [-0.25, -0.2) is 4.99 Å². The van der Waals surface area contributed by atoms with Crippen LogP contribution in [-0.4, -0.2) is 23.9 Å². The van der Waals surface area contributed by atoms with Gasteiger partial charge in [0.1, 0.15) is 0 Å². The van der Waals surface area contributed by atoms with E-state index in [1.54, 1.807) is 5.01 Å². The molecule has 2 N–H and O–H groups in total. The standard InChI is InChI=1S/C19H23BrN5/c1-13-4-6-16(7-5-13)23-18-12-17(15-8-10-22-11-9-15)24-19(14(2)20)25(18)21-3/h3-7,12,15,22,24H,8-11H2,1-2H3/q+1/b19-14+,23-18?. The van der Waals surface area contributed by atoms with Gasteiger partial charge in [0.15, 0.2) is 0 Å². The van der Waals surface area contributed by atoms with E-state index in [0.717, 1.165) is 41.9 Å². The third kappa shape index (κ3) is 4.12. The number of halogens is 1. The van der Waals surface area contributed by atoms with E-state index in [9.17, 15) is 0 Å². The Kier molecular flexibility index (Phi) is 5.57. The maximum absolute atomic E-state index is 5.66. The summed E-state index contributed by atoms with van der Waals surface area (Å²) in [5.74, 6) is 2.00. The highest BCUT2D eigenvalue weighted by atomic mass is 79.9. The molecule has 6 heteroatoms. The highest BCUT2D eigenvalue weighted by molar-refractivity contribution is 9.11. The molecule has 0 aromatic heterocycles. The molecule has 0 atom stereocenters. The van der Waals surface area contributed by atoms with Crippen LogP contribution in [0.1, 0.15) is 25.3 Å². The van der Waals surface area contributed by atoms with Crippen molar-refractivity contribution < 1.29 is 0 Å². The van der Waals surface area contributed by atoms with E-state index in [2.05, 4.69) is 44.5 Å². The molecule has 5 nitrogen and oxygen atoms in total. The summed E-state index contributed by atoms with van der Waals surface area (Å²) in [6, 6.07) is 8.10. The molecule has 0 aliphatic carbocycles. The van der Waals surface area contributed by atoms with Gasteiger partial charge in [-0.05, 0) is 51.9 Å². The zero-order valence-corrected chi connectivity index (χ0v) is 16.2. The first-order valence-corrected chi connectivity index (χ1v) is 9.30. The predicted octanol–water partition coefficient (Wildman–Crippen LogP) is 4.28. The van der Waals surface area contributed by atoms with Gasteiger partial charge in [0.25, 0.3) is 0 Å². The number of nitrogens with one attached hydrogen (secondary N) is 2. The molecule has 2 aliphatic rings. The summed E-state index contributed by atoms with van der Waals surface area (Å²) < 4.78 is 0.929. The van der Waals surface area contributed by atoms with E-state index in [4.69, 9.17) is 11.6 Å². The minimum absolute atomic E-state index is 0.478. The fourth-order valence-corrected chi connectivity index (χ4v) is 3.34. The number of amidine groups is 1. The second kappa shape index (κ2) is 7.85. The molecular weight excluding hydrogens is 378 g/mol. The topological polar surface area (TPSA) is 44.0 Å². The number of nitrogens with zero attached hydrogens (tertiary/aromatic N) is 3. The van der Waals surface area contributed by atoms with Crippen molar-refractivity contribution >= 4 is 27.5 Å². The number of hydrogen-bond acceptors (Lipinski definition) is 3. The van der Waals surface area contributed by atoms with Gasteiger partial charge in [-0.2, -0.15) is 0 Å². The SMILES string of the molecule is C#[N+]N1C(=Nc2ccc(C)cc2)C=C(C2CCNCC2)N/C1=C(/C)Br. The summed E-state index contributed by atoms with van der Waals surface area (Å²) in [5, 5.41) is 8.53. The first-order chi connectivity index (χ1) is 12.1. The van der Waals surface area contributed by atoms with Crippen LogP contribution in [0.3, 0.4) is 0 Å². The fraction of sp³-hybridized carbons (Fsp3) is 0.368. The van der Waals surface area contributed by atoms with Gasteiger partial charge < -0.3 is 10.6 Å². The highest BCUT2D eigenvalue weighted by Gasteiger charge is 2.33. The Morgan fingerprint density at radius 1 is 1.28 bits per heavy atom. The van der Waals surface area contributed by atoms with Crippen LogP contribution in [0.25, 0.3) is 4.95 Å². The molecule has 0 unspecified atom stereocenters. The molecule has 2 aliphatic heterocycles. The van der Waals surface area contributed by atoms with Gasteiger partial charge >= 0.3 is 6.57 Å². The molecule has 1 aromatic carbocycles. The van der Waals surface area contributed by atoms with Crippen LogP contribution in [-0.2, 0) is 0 Å². The van der Waals surface area contributed by atoms with Crippen LogP contribution in [0, 0.1) is 19.4 Å². The van der Waals surface area contributed by atoms with Crippen molar-refractivity contribution in [3.63, 3.8) is 0 Å². The summed E-state index contributed by atoms with van der Waals surface area (Å²) in [7, 11) is 0. The molecule has 2 heterocycles. The zero-order valence-electron chi connectivity index (χ0n) is 14.6. The minimum Gasteiger partial charge on any atom is -0.339 e. The first kappa shape index (κ1) is 17.7. The predicted molar refractivity (Wildman–Crippen MR) is 107 cm³/mol. The molecule has 1 fully saturated rings. The maximum atomic E-state index is 5.66. The Morgan fingerprint density at radius 3 is 2.56 bits per heavy atom. The number of aryl methyl sites for hydroxylation is 1. The molecule has 0 amide bonds. The highest BCUT2D eigenvalue weighted by Crippen LogP contribution is 2.28. The Balaban J connectivity index is 2.02. The van der Waals surface area contributed by atoms with Crippen LogP contribution in [0.2, 0.25) is 0 Å². The number of rotatable bonds is 2. The molecule has 25 heavy (non-hydrogen) atoms. The van der Waals surface area contributed by atoms with Crippen LogP contribution < -0.4 is 10.6 Å². The van der Waals surface area contributed by atoms with Gasteiger partial charge in [-0.3, -0.25) is 0 Å². The lowest BCUT2D eigenvalue weighted by atomic mass is 9.93. The van der Waals surface area contributed by atoms with Crippen molar-refractivity contribution in [2.24, 2.45) is 10.9 Å². The number of allylic oxidation sites excluding steroid dienone is 2. The molecule has 3 rings (SSSR count). The van der Waals surface area contributed by atoms with Gasteiger partial charge in [-0.1, -0.05) is 33.6 Å². The molecule has 0 spiro atoms. The van der Waals surface area contributed by atoms with Crippen molar-refractivity contribution in [3.8, 4) is 6.57 Å². The Labute approximate surface area is 157 Å². The average molecular weight is 401 g/mol. The van der Waals surface area contributed by atoms with Crippen molar-refractivity contribution in [1.29, 1.82) is 0 Å². The van der Waals surface area contributed by atoms with E-state index in [1.165, 1.54) is 11.3 Å². The molecule has 130 valence electrons. The lowest BCUT2D eigenvalue weighted by Gasteiger charge is -2.30. The Hall–Kier alpha value is -2.10. The van der Waals surface area contributed by atoms with Gasteiger partial charge in [0, 0.05) is 27.2 Å². The molecule has 1 saturated heterocycles. The van der Waals surface area contributed by atoms with Crippen molar-refractivity contribution in [1.82, 2.24) is 15.6 Å². The summed E-state index contributed by atoms with van der Waals surface area (Å²) >= 11 is 3.56. The van der Waals surface area contributed by atoms with Crippen LogP contribution >= 0.6 is 15.9 Å². The van der Waals surface area contributed by atoms with E-state index < -0.39 is 0 Å². The number of aliphatic imine (C=N–C) groups is 1. The monoisotopic (exact) mass is 400 g/mol. The summed E-state index contributed by atoms with van der Waals surface area (Å²) in [4.78, 5) is 8.69. The third-order valence-corrected chi connectivity index (χ3v) is 4.85. The summed E-state index contributed by atoms with van der Waals surface area (Å²) in [6.45, 7) is 11.8. The molecule has 0 saturated carbocycles. The molecular formula is C19H23BrN5+. The van der Waals surface area contributed by atoms with E-state index in [1.807, 2.05) is 31.2 Å². The normalized spacial score (nSPS) is 22.2. The van der Waals surface area contributed by atoms with Crippen LogP contribution in [0.15, 0.2) is 51.3 Å². The number of piperidine rings is 1. The number of benzene rings is 1. The van der Waals surface area contributed by atoms with Gasteiger partial charge in [-0.15, -0.1) is 0 Å². The largest absolute Gasteiger partial charge is 0.339 e. The second-order valence-electron chi connectivity index (χ2n) is 6.36. The third-order valence-electron chi connectivity index (χ3n) is 4.47. The quantitative estimate of drug-likeness (QED) is 0.778. The smallest absolute Gasteiger partial charge is 0.305 e.